The van der Waals surface area contributed by atoms with Crippen LogP contribution >= 0.6 is 0 Å². The topological polar surface area (TPSA) is 49.7 Å². The maximum absolute atomic E-state index is 13.1. The summed E-state index contributed by atoms with van der Waals surface area (Å²) in [4.78, 5) is 0. The van der Waals surface area contributed by atoms with Crippen LogP contribution < -0.4 is 4.74 Å². The summed E-state index contributed by atoms with van der Waals surface area (Å²) in [6.45, 7) is 2.61. The van der Waals surface area contributed by atoms with Crippen LogP contribution in [0.3, 0.4) is 0 Å². The number of hydrogen-bond acceptors (Lipinski definition) is 3. The second-order valence-electron chi connectivity index (χ2n) is 9.48. The van der Waals surface area contributed by atoms with E-state index in [1.807, 2.05) is 0 Å². The van der Waals surface area contributed by atoms with Crippen molar-refractivity contribution in [3.63, 3.8) is 0 Å². The molecule has 0 bridgehead atoms. The molecule has 0 unspecified atom stereocenters. The predicted octanol–water partition coefficient (Wildman–Crippen LogP) is 4.59. The van der Waals surface area contributed by atoms with E-state index in [0.717, 1.165) is 43.4 Å². The van der Waals surface area contributed by atoms with Crippen LogP contribution in [0.25, 0.3) is 0 Å². The number of aliphatic hydroxyl groups excluding tert-OH is 2. The molecule has 2 aromatic rings. The number of aliphatic hydroxyl groups is 2. The lowest BCUT2D eigenvalue weighted by atomic mass is 9.55. The molecule has 5 rings (SSSR count). The lowest BCUT2D eigenvalue weighted by Gasteiger charge is -2.49. The van der Waals surface area contributed by atoms with Gasteiger partial charge in [0.2, 0.25) is 0 Å². The molecule has 29 heavy (non-hydrogen) atoms. The average Bonchev–Trinajstić information content (AvgIpc) is 2.97. The van der Waals surface area contributed by atoms with E-state index in [1.165, 1.54) is 23.3 Å². The summed E-state index contributed by atoms with van der Waals surface area (Å²) >= 11 is 0. The van der Waals surface area contributed by atoms with Gasteiger partial charge in [-0.3, -0.25) is 0 Å². The Morgan fingerprint density at radius 3 is 2.69 bits per heavy atom. The fourth-order valence-corrected chi connectivity index (χ4v) is 6.38. The highest BCUT2D eigenvalue weighted by Crippen LogP contribution is 2.60. The Kier molecular flexibility index (Phi) is 4.67. The largest absolute Gasteiger partial charge is 0.489 e. The molecule has 0 heterocycles. The zero-order valence-electron chi connectivity index (χ0n) is 16.9. The maximum Gasteiger partial charge on any atom is 0.123 e. The molecule has 2 aromatic carbocycles. The summed E-state index contributed by atoms with van der Waals surface area (Å²) in [5.74, 6) is 2.08. The van der Waals surface area contributed by atoms with E-state index in [9.17, 15) is 14.6 Å². The van der Waals surface area contributed by atoms with Crippen LogP contribution in [0.2, 0.25) is 0 Å². The Balaban J connectivity index is 1.33. The van der Waals surface area contributed by atoms with Crippen molar-refractivity contribution < 1.29 is 19.3 Å². The van der Waals surface area contributed by atoms with E-state index in [0.29, 0.717) is 24.4 Å². The van der Waals surface area contributed by atoms with Crippen molar-refractivity contribution in [1.29, 1.82) is 0 Å². The summed E-state index contributed by atoms with van der Waals surface area (Å²) in [7, 11) is 0. The minimum absolute atomic E-state index is 0.143. The van der Waals surface area contributed by atoms with Crippen LogP contribution in [0, 0.1) is 23.1 Å². The molecule has 0 aromatic heterocycles. The van der Waals surface area contributed by atoms with Crippen LogP contribution in [-0.2, 0) is 13.0 Å². The van der Waals surface area contributed by atoms with Gasteiger partial charge in [-0.05, 0) is 96.2 Å². The summed E-state index contributed by atoms with van der Waals surface area (Å²) in [5.41, 5.74) is 3.60. The molecular formula is C25H29FO3. The van der Waals surface area contributed by atoms with Gasteiger partial charge < -0.3 is 14.9 Å². The van der Waals surface area contributed by atoms with Crippen LogP contribution in [0.15, 0.2) is 42.5 Å². The van der Waals surface area contributed by atoms with Crippen LogP contribution in [0.5, 0.6) is 5.75 Å². The van der Waals surface area contributed by atoms with Crippen molar-refractivity contribution in [1.82, 2.24) is 0 Å². The van der Waals surface area contributed by atoms with Gasteiger partial charge in [0.05, 0.1) is 12.2 Å². The van der Waals surface area contributed by atoms with Gasteiger partial charge in [0.15, 0.2) is 0 Å². The first-order valence-corrected chi connectivity index (χ1v) is 10.8. The molecule has 2 saturated carbocycles. The van der Waals surface area contributed by atoms with Gasteiger partial charge in [0, 0.05) is 0 Å². The Hall–Kier alpha value is -1.91. The minimum atomic E-state index is -0.586. The number of benzene rings is 2. The van der Waals surface area contributed by atoms with Crippen molar-refractivity contribution in [2.75, 3.05) is 0 Å². The standard InChI is InChI=1S/C25H29FO3/c1-25-11-10-20-19-9-7-18(29-14-15-2-5-17(26)6-3-15)12-16(19)4-8-21(20)22(25)13-23(27)24(25)28/h2-3,5-7,9,12,20-24,27-28H,4,8,10-11,13-14H2,1H3/t20-,21+,22-,23+,24-,25+/m0/s1. The molecule has 2 N–H and O–H groups in total. The minimum Gasteiger partial charge on any atom is -0.489 e. The predicted molar refractivity (Wildman–Crippen MR) is 109 cm³/mol. The van der Waals surface area contributed by atoms with E-state index in [4.69, 9.17) is 4.74 Å². The number of halogens is 1. The van der Waals surface area contributed by atoms with Gasteiger partial charge in [-0.1, -0.05) is 25.1 Å². The van der Waals surface area contributed by atoms with Crippen molar-refractivity contribution in [3.05, 3.63) is 65.0 Å². The van der Waals surface area contributed by atoms with Gasteiger partial charge in [0.25, 0.3) is 0 Å². The summed E-state index contributed by atoms with van der Waals surface area (Å²) < 4.78 is 19.0. The van der Waals surface area contributed by atoms with E-state index >= 15 is 0 Å². The molecule has 2 fully saturated rings. The number of fused-ring (bicyclic) bond motifs is 5. The molecule has 0 amide bonds. The molecular weight excluding hydrogens is 367 g/mol. The van der Waals surface area contributed by atoms with Gasteiger partial charge in [-0.15, -0.1) is 0 Å². The zero-order valence-corrected chi connectivity index (χ0v) is 16.9. The second-order valence-corrected chi connectivity index (χ2v) is 9.48. The third kappa shape index (κ3) is 3.17. The molecule has 3 aliphatic carbocycles. The Morgan fingerprint density at radius 2 is 1.90 bits per heavy atom. The molecule has 4 heteroatoms. The number of ether oxygens (including phenoxy) is 1. The third-order valence-corrected chi connectivity index (χ3v) is 7.99. The van der Waals surface area contributed by atoms with E-state index < -0.39 is 12.2 Å². The molecule has 0 spiro atoms. The molecule has 6 atom stereocenters. The van der Waals surface area contributed by atoms with Crippen LogP contribution in [-0.4, -0.2) is 22.4 Å². The van der Waals surface area contributed by atoms with E-state index in [2.05, 4.69) is 25.1 Å². The highest BCUT2D eigenvalue weighted by atomic mass is 19.1. The molecule has 0 radical (unpaired) electrons. The third-order valence-electron chi connectivity index (χ3n) is 7.99. The smallest absolute Gasteiger partial charge is 0.123 e. The fraction of sp³-hybridized carbons (Fsp3) is 0.520. The second kappa shape index (κ2) is 7.10. The van der Waals surface area contributed by atoms with Crippen molar-refractivity contribution in [2.45, 2.75) is 63.8 Å². The highest BCUT2D eigenvalue weighted by Gasteiger charge is 2.57. The first kappa shape index (κ1) is 19.1. The number of rotatable bonds is 3. The SMILES string of the molecule is C[C@@]12CC[C@H]3c4ccc(OCc5ccc(F)cc5)cc4CC[C@H]3[C@@H]1C[C@@H](O)[C@@H]2O. The van der Waals surface area contributed by atoms with Crippen molar-refractivity contribution in [2.24, 2.45) is 17.3 Å². The Labute approximate surface area is 171 Å². The monoisotopic (exact) mass is 396 g/mol. The van der Waals surface area contributed by atoms with Gasteiger partial charge in [0.1, 0.15) is 18.2 Å². The van der Waals surface area contributed by atoms with Crippen molar-refractivity contribution in [3.8, 4) is 5.75 Å². The quantitative estimate of drug-likeness (QED) is 0.798. The number of aryl methyl sites for hydroxylation is 1. The summed E-state index contributed by atoms with van der Waals surface area (Å²) in [6, 6.07) is 12.9. The average molecular weight is 397 g/mol. The normalized spacial score (nSPS) is 35.5. The Morgan fingerprint density at radius 1 is 1.10 bits per heavy atom. The molecule has 3 nitrogen and oxygen atoms in total. The van der Waals surface area contributed by atoms with E-state index in [-0.39, 0.29) is 11.2 Å². The molecule has 3 aliphatic rings. The first-order chi connectivity index (χ1) is 14.0. The maximum atomic E-state index is 13.1. The highest BCUT2D eigenvalue weighted by molar-refractivity contribution is 5.41. The van der Waals surface area contributed by atoms with Gasteiger partial charge in [-0.2, -0.15) is 0 Å². The summed E-state index contributed by atoms with van der Waals surface area (Å²) in [5, 5.41) is 20.9. The lowest BCUT2D eigenvalue weighted by Crippen LogP contribution is -2.44. The molecule has 0 aliphatic heterocycles. The van der Waals surface area contributed by atoms with Gasteiger partial charge in [-0.25, -0.2) is 4.39 Å². The van der Waals surface area contributed by atoms with Crippen LogP contribution in [0.4, 0.5) is 4.39 Å². The lowest BCUT2D eigenvalue weighted by molar-refractivity contribution is -0.0505. The first-order valence-electron chi connectivity index (χ1n) is 10.8. The Bertz CT molecular complexity index is 895. The molecule has 154 valence electrons. The summed E-state index contributed by atoms with van der Waals surface area (Å²) in [6.07, 6.45) is 3.74. The van der Waals surface area contributed by atoms with Crippen LogP contribution in [0.1, 0.15) is 55.2 Å². The van der Waals surface area contributed by atoms with Gasteiger partial charge >= 0.3 is 0 Å². The molecule has 0 saturated heterocycles. The fourth-order valence-electron chi connectivity index (χ4n) is 6.38. The zero-order chi connectivity index (χ0) is 20.2. The van der Waals surface area contributed by atoms with Crippen molar-refractivity contribution >= 4 is 0 Å². The number of hydrogen-bond donors (Lipinski definition) is 2. The van der Waals surface area contributed by atoms with E-state index in [1.54, 1.807) is 12.1 Å².